The van der Waals surface area contributed by atoms with Crippen LogP contribution in [0.4, 0.5) is 0 Å². The average molecular weight is 561 g/mol. The summed E-state index contributed by atoms with van der Waals surface area (Å²) in [6.45, 7) is 0.199. The van der Waals surface area contributed by atoms with Crippen molar-refractivity contribution in [2.75, 3.05) is 18.1 Å². The van der Waals surface area contributed by atoms with Crippen LogP contribution in [-0.4, -0.2) is 55.0 Å². The standard InChI is InChI=1S/C26H28N2O6S3/c29-25(27-24(12-7-19-36(30,31)32)22-10-5-2-6-11-22)26-28(17-18-35-26)37(33,34)23-15-13-21(14-16-23)20-8-3-1-4-9-20/h1-6,8-11,13-16,24,26H,7,12,17-19H2,(H,27,29)(H,30,31,32). The van der Waals surface area contributed by atoms with Crippen molar-refractivity contribution in [2.24, 2.45) is 0 Å². The SMILES string of the molecule is O=C(NC(CCCS(=O)(=O)O)c1ccccc1)C1SCCN1S(=O)(=O)c1ccc(-c2ccccc2)cc1. The monoisotopic (exact) mass is 560 g/mol. The molecule has 37 heavy (non-hydrogen) atoms. The molecule has 2 atom stereocenters. The molecular weight excluding hydrogens is 532 g/mol. The van der Waals surface area contributed by atoms with Gasteiger partial charge in [-0.25, -0.2) is 8.42 Å². The fraction of sp³-hybridized carbons (Fsp3) is 0.269. The number of hydrogen-bond donors (Lipinski definition) is 2. The first-order valence-electron chi connectivity index (χ1n) is 11.7. The van der Waals surface area contributed by atoms with E-state index in [1.54, 1.807) is 36.4 Å². The lowest BCUT2D eigenvalue weighted by atomic mass is 10.0. The minimum Gasteiger partial charge on any atom is -0.347 e. The molecule has 0 radical (unpaired) electrons. The predicted molar refractivity (Wildman–Crippen MR) is 145 cm³/mol. The van der Waals surface area contributed by atoms with Crippen LogP contribution in [0.1, 0.15) is 24.4 Å². The number of sulfonamides is 1. The average Bonchev–Trinajstić information content (AvgIpc) is 3.40. The second-order valence-electron chi connectivity index (χ2n) is 8.63. The van der Waals surface area contributed by atoms with E-state index in [-0.39, 0.29) is 24.3 Å². The van der Waals surface area contributed by atoms with E-state index in [1.165, 1.54) is 16.1 Å². The molecule has 1 fully saturated rings. The van der Waals surface area contributed by atoms with Crippen LogP contribution in [0.3, 0.4) is 0 Å². The highest BCUT2D eigenvalue weighted by atomic mass is 32.2. The van der Waals surface area contributed by atoms with E-state index < -0.39 is 43.2 Å². The second-order valence-corrected chi connectivity index (χ2v) is 13.3. The molecule has 0 spiro atoms. The Hall–Kier alpha value is -2.70. The minimum atomic E-state index is -4.13. The van der Waals surface area contributed by atoms with Gasteiger partial charge in [-0.1, -0.05) is 72.8 Å². The first kappa shape index (κ1) is 27.3. The van der Waals surface area contributed by atoms with Gasteiger partial charge in [0.05, 0.1) is 16.7 Å². The minimum absolute atomic E-state index is 0.111. The van der Waals surface area contributed by atoms with Crippen LogP contribution in [0.15, 0.2) is 89.8 Å². The molecule has 4 rings (SSSR count). The van der Waals surface area contributed by atoms with Gasteiger partial charge in [-0.2, -0.15) is 12.7 Å². The largest absolute Gasteiger partial charge is 0.347 e. The van der Waals surface area contributed by atoms with Crippen LogP contribution in [0.2, 0.25) is 0 Å². The Balaban J connectivity index is 1.50. The molecular formula is C26H28N2O6S3. The molecule has 2 unspecified atom stereocenters. The van der Waals surface area contributed by atoms with Crippen LogP contribution >= 0.6 is 11.8 Å². The lowest BCUT2D eigenvalue weighted by Crippen LogP contribution is -2.45. The van der Waals surface area contributed by atoms with Gasteiger partial charge in [-0.15, -0.1) is 11.8 Å². The van der Waals surface area contributed by atoms with Gasteiger partial charge in [-0.3, -0.25) is 9.35 Å². The van der Waals surface area contributed by atoms with Gasteiger partial charge in [0.25, 0.3) is 10.1 Å². The van der Waals surface area contributed by atoms with E-state index in [0.717, 1.165) is 16.7 Å². The number of rotatable bonds is 10. The Labute approximate surface area is 221 Å². The zero-order valence-corrected chi connectivity index (χ0v) is 22.4. The smallest absolute Gasteiger partial charge is 0.264 e. The second kappa shape index (κ2) is 11.8. The first-order chi connectivity index (χ1) is 17.6. The molecule has 0 aromatic heterocycles. The molecule has 1 saturated heterocycles. The summed E-state index contributed by atoms with van der Waals surface area (Å²) in [5.41, 5.74) is 2.63. The molecule has 1 aliphatic rings. The third kappa shape index (κ3) is 6.99. The lowest BCUT2D eigenvalue weighted by Gasteiger charge is -2.26. The lowest BCUT2D eigenvalue weighted by molar-refractivity contribution is -0.122. The topological polar surface area (TPSA) is 121 Å². The highest BCUT2D eigenvalue weighted by Gasteiger charge is 2.40. The molecule has 1 heterocycles. The number of carbonyl (C=O) groups excluding carboxylic acids is 1. The van der Waals surface area contributed by atoms with Crippen molar-refractivity contribution in [2.45, 2.75) is 29.2 Å². The van der Waals surface area contributed by atoms with Crippen LogP contribution in [0, 0.1) is 0 Å². The van der Waals surface area contributed by atoms with Crippen molar-refractivity contribution in [3.8, 4) is 11.1 Å². The number of nitrogens with zero attached hydrogens (tertiary/aromatic N) is 1. The Bertz CT molecular complexity index is 1410. The van der Waals surface area contributed by atoms with Gasteiger partial charge in [0.2, 0.25) is 15.9 Å². The van der Waals surface area contributed by atoms with E-state index >= 15 is 0 Å². The number of nitrogens with one attached hydrogen (secondary N) is 1. The van der Waals surface area contributed by atoms with Crippen LogP contribution in [0.25, 0.3) is 11.1 Å². The number of amides is 1. The predicted octanol–water partition coefficient (Wildman–Crippen LogP) is 3.94. The number of benzene rings is 3. The molecule has 0 bridgehead atoms. The molecule has 1 aliphatic heterocycles. The maximum atomic E-state index is 13.5. The summed E-state index contributed by atoms with van der Waals surface area (Å²) in [5, 5.41) is 1.95. The molecule has 0 aliphatic carbocycles. The maximum Gasteiger partial charge on any atom is 0.264 e. The fourth-order valence-corrected chi connectivity index (χ4v) is 7.83. The summed E-state index contributed by atoms with van der Waals surface area (Å²) in [4.78, 5) is 13.4. The van der Waals surface area contributed by atoms with E-state index in [0.29, 0.717) is 5.75 Å². The van der Waals surface area contributed by atoms with Gasteiger partial charge in [0.1, 0.15) is 5.37 Å². The Morgan fingerprint density at radius 2 is 1.51 bits per heavy atom. The van der Waals surface area contributed by atoms with E-state index in [2.05, 4.69) is 5.32 Å². The molecule has 2 N–H and O–H groups in total. The van der Waals surface area contributed by atoms with E-state index in [4.69, 9.17) is 4.55 Å². The normalized spacial score (nSPS) is 17.4. The molecule has 1 amide bonds. The van der Waals surface area contributed by atoms with Gasteiger partial charge in [0.15, 0.2) is 0 Å². The summed E-state index contributed by atoms with van der Waals surface area (Å²) in [6, 6.07) is 24.7. The van der Waals surface area contributed by atoms with Gasteiger partial charge >= 0.3 is 0 Å². The third-order valence-electron chi connectivity index (χ3n) is 6.05. The molecule has 3 aromatic carbocycles. The highest BCUT2D eigenvalue weighted by molar-refractivity contribution is 8.02. The van der Waals surface area contributed by atoms with Crippen molar-refractivity contribution in [3.05, 3.63) is 90.5 Å². The van der Waals surface area contributed by atoms with Crippen molar-refractivity contribution < 1.29 is 26.2 Å². The maximum absolute atomic E-state index is 13.5. The number of hydrogen-bond acceptors (Lipinski definition) is 6. The molecule has 8 nitrogen and oxygen atoms in total. The fourth-order valence-electron chi connectivity index (χ4n) is 4.21. The van der Waals surface area contributed by atoms with Crippen LogP contribution in [-0.2, 0) is 24.9 Å². The van der Waals surface area contributed by atoms with Gasteiger partial charge in [-0.05, 0) is 41.7 Å². The van der Waals surface area contributed by atoms with E-state index in [1.807, 2.05) is 48.5 Å². The van der Waals surface area contributed by atoms with E-state index in [9.17, 15) is 21.6 Å². The summed E-state index contributed by atoms with van der Waals surface area (Å²) in [6.07, 6.45) is 0.396. The zero-order chi connectivity index (χ0) is 26.5. The van der Waals surface area contributed by atoms with Crippen LogP contribution < -0.4 is 5.32 Å². The Kier molecular flexibility index (Phi) is 8.71. The Morgan fingerprint density at radius 1 is 0.919 bits per heavy atom. The number of thioether (sulfide) groups is 1. The molecule has 196 valence electrons. The summed E-state index contributed by atoms with van der Waals surface area (Å²) < 4.78 is 59.6. The van der Waals surface area contributed by atoms with Crippen molar-refractivity contribution in [3.63, 3.8) is 0 Å². The summed E-state index contributed by atoms with van der Waals surface area (Å²) >= 11 is 1.24. The Morgan fingerprint density at radius 3 is 2.14 bits per heavy atom. The highest BCUT2D eigenvalue weighted by Crippen LogP contribution is 2.32. The van der Waals surface area contributed by atoms with Crippen molar-refractivity contribution in [1.82, 2.24) is 9.62 Å². The molecule has 11 heteroatoms. The molecule has 3 aromatic rings. The van der Waals surface area contributed by atoms with Crippen molar-refractivity contribution in [1.29, 1.82) is 0 Å². The quantitative estimate of drug-likeness (QED) is 0.360. The van der Waals surface area contributed by atoms with Crippen molar-refractivity contribution >= 4 is 37.8 Å². The van der Waals surface area contributed by atoms with Crippen LogP contribution in [0.5, 0.6) is 0 Å². The molecule has 0 saturated carbocycles. The number of carbonyl (C=O) groups is 1. The summed E-state index contributed by atoms with van der Waals surface area (Å²) in [5.74, 6) is -0.421. The van der Waals surface area contributed by atoms with Gasteiger partial charge < -0.3 is 5.32 Å². The first-order valence-corrected chi connectivity index (χ1v) is 15.8. The summed E-state index contributed by atoms with van der Waals surface area (Å²) in [7, 11) is -8.06. The zero-order valence-electron chi connectivity index (χ0n) is 19.9. The van der Waals surface area contributed by atoms with Gasteiger partial charge in [0, 0.05) is 12.3 Å². The third-order valence-corrected chi connectivity index (χ3v) is 10.1.